The van der Waals surface area contributed by atoms with E-state index < -0.39 is 6.03 Å². The summed E-state index contributed by atoms with van der Waals surface area (Å²) in [5.41, 5.74) is 8.16. The lowest BCUT2D eigenvalue weighted by atomic mass is 10.2. The van der Waals surface area contributed by atoms with Gasteiger partial charge in [0.1, 0.15) is 12.3 Å². The quantitative estimate of drug-likeness (QED) is 0.593. The molecule has 1 aliphatic heterocycles. The summed E-state index contributed by atoms with van der Waals surface area (Å²) < 4.78 is 6.73. The molecule has 2 aromatic heterocycles. The number of imide groups is 1. The number of nitrogens with zero attached hydrogens (tertiary/aromatic N) is 6. The maximum atomic E-state index is 12.6. The predicted octanol–water partition coefficient (Wildman–Crippen LogP) is 0.860. The summed E-state index contributed by atoms with van der Waals surface area (Å²) in [7, 11) is 1.79. The minimum absolute atomic E-state index is 0.0372. The Hall–Kier alpha value is -3.43. The van der Waals surface area contributed by atoms with Gasteiger partial charge in [-0.1, -0.05) is 5.16 Å². The smallest absolute Gasteiger partial charge is 0.332 e. The molecule has 0 radical (unpaired) electrons. The maximum absolute atomic E-state index is 12.6. The molecule has 3 amide bonds. The molecule has 0 unspecified atom stereocenters. The average molecular weight is 371 g/mol. The summed E-state index contributed by atoms with van der Waals surface area (Å²) >= 11 is 0. The van der Waals surface area contributed by atoms with Crippen molar-refractivity contribution in [2.24, 2.45) is 17.8 Å². The molecule has 1 fully saturated rings. The van der Waals surface area contributed by atoms with E-state index >= 15 is 0 Å². The van der Waals surface area contributed by atoms with Crippen LogP contribution in [-0.4, -0.2) is 49.4 Å². The van der Waals surface area contributed by atoms with Gasteiger partial charge in [0.2, 0.25) is 0 Å². The average Bonchev–Trinajstić information content (AvgIpc) is 3.26. The Morgan fingerprint density at radius 1 is 1.41 bits per heavy atom. The molecule has 0 aliphatic carbocycles. The van der Waals surface area contributed by atoms with Crippen molar-refractivity contribution in [3.8, 4) is 0 Å². The van der Waals surface area contributed by atoms with Crippen molar-refractivity contribution < 1.29 is 14.1 Å². The van der Waals surface area contributed by atoms with E-state index in [4.69, 9.17) is 10.3 Å². The molecule has 0 spiro atoms. The first-order chi connectivity index (χ1) is 12.9. The van der Waals surface area contributed by atoms with Gasteiger partial charge in [-0.15, -0.1) is 0 Å². The summed E-state index contributed by atoms with van der Waals surface area (Å²) in [6, 6.07) is 1.34. The molecule has 1 aliphatic rings. The number of carbonyl (C=O) groups is 2. The molecule has 0 saturated carbocycles. The third-order valence-corrected chi connectivity index (χ3v) is 4.24. The van der Waals surface area contributed by atoms with Gasteiger partial charge in [-0.2, -0.15) is 5.10 Å². The number of nitrogens with two attached hydrogens (primary N) is 1. The second-order valence-corrected chi connectivity index (χ2v) is 6.21. The minimum Gasteiger partial charge on any atom is -0.403 e. The highest BCUT2D eigenvalue weighted by molar-refractivity contribution is 6.07. The molecule has 0 atom stereocenters. The molecule has 3 heterocycles. The van der Waals surface area contributed by atoms with Crippen LogP contribution in [0.5, 0.6) is 0 Å². The van der Waals surface area contributed by atoms with Crippen LogP contribution < -0.4 is 5.73 Å². The number of hydrogen-bond acceptors (Lipinski definition) is 7. The van der Waals surface area contributed by atoms with E-state index in [-0.39, 0.29) is 24.7 Å². The summed E-state index contributed by atoms with van der Waals surface area (Å²) in [6.45, 7) is 4.14. The summed E-state index contributed by atoms with van der Waals surface area (Å²) in [6.07, 6.45) is 4.38. The van der Waals surface area contributed by atoms with E-state index in [0.29, 0.717) is 18.0 Å². The molecule has 3 rings (SSSR count). The van der Waals surface area contributed by atoms with Gasteiger partial charge in [0.15, 0.2) is 0 Å². The van der Waals surface area contributed by atoms with Crippen LogP contribution >= 0.6 is 0 Å². The number of hydrogen-bond donors (Lipinski definition) is 1. The number of rotatable bonds is 6. The Morgan fingerprint density at radius 2 is 2.19 bits per heavy atom. The predicted molar refractivity (Wildman–Crippen MR) is 96.3 cm³/mol. The van der Waals surface area contributed by atoms with E-state index in [1.165, 1.54) is 17.3 Å². The highest BCUT2D eigenvalue weighted by atomic mass is 16.5. The van der Waals surface area contributed by atoms with Crippen molar-refractivity contribution in [1.29, 1.82) is 0 Å². The van der Waals surface area contributed by atoms with Gasteiger partial charge in [-0.25, -0.2) is 9.69 Å². The third-order valence-electron chi connectivity index (χ3n) is 4.24. The lowest BCUT2D eigenvalue weighted by Gasteiger charge is -2.16. The van der Waals surface area contributed by atoms with Crippen molar-refractivity contribution in [2.45, 2.75) is 26.9 Å². The van der Waals surface area contributed by atoms with E-state index in [1.807, 2.05) is 6.92 Å². The standard InChI is InChI=1S/C17H21N7O3/c1-11-15(12(2)27-21-11)8-19-7-14(6-18)24-16(25)10-23(17(24)26)9-13-4-5-22(3)20-13/h4-7H,8-10,18H2,1-3H3. The summed E-state index contributed by atoms with van der Waals surface area (Å²) in [5, 5.41) is 8.10. The van der Waals surface area contributed by atoms with Crippen molar-refractivity contribution in [3.63, 3.8) is 0 Å². The van der Waals surface area contributed by atoms with Crippen LogP contribution in [0, 0.1) is 13.8 Å². The zero-order chi connectivity index (χ0) is 19.6. The normalized spacial score (nSPS) is 15.6. The molecule has 2 N–H and O–H groups in total. The fourth-order valence-corrected chi connectivity index (χ4v) is 2.80. The topological polar surface area (TPSA) is 123 Å². The van der Waals surface area contributed by atoms with E-state index in [0.717, 1.165) is 16.2 Å². The van der Waals surface area contributed by atoms with Crippen molar-refractivity contribution in [1.82, 2.24) is 24.7 Å². The fraction of sp³-hybridized carbons (Fsp3) is 0.353. The maximum Gasteiger partial charge on any atom is 0.332 e. The van der Waals surface area contributed by atoms with Crippen LogP contribution in [0.1, 0.15) is 22.7 Å². The van der Waals surface area contributed by atoms with E-state index in [2.05, 4.69) is 15.2 Å². The highest BCUT2D eigenvalue weighted by Gasteiger charge is 2.38. The molecule has 2 aromatic rings. The van der Waals surface area contributed by atoms with Crippen molar-refractivity contribution >= 4 is 18.2 Å². The molecule has 10 heteroatoms. The Labute approximate surface area is 155 Å². The molecule has 10 nitrogen and oxygen atoms in total. The van der Waals surface area contributed by atoms with Crippen LogP contribution in [0.2, 0.25) is 0 Å². The van der Waals surface area contributed by atoms with Gasteiger partial charge in [-0.3, -0.25) is 14.5 Å². The summed E-state index contributed by atoms with van der Waals surface area (Å²) in [4.78, 5) is 31.7. The van der Waals surface area contributed by atoms with E-state index in [1.54, 1.807) is 30.9 Å². The largest absolute Gasteiger partial charge is 0.403 e. The molecule has 0 bridgehead atoms. The van der Waals surface area contributed by atoms with Gasteiger partial charge in [0.05, 0.1) is 30.2 Å². The first-order valence-electron chi connectivity index (χ1n) is 8.34. The number of allylic oxidation sites excluding steroid dienone is 1. The van der Waals surface area contributed by atoms with E-state index in [9.17, 15) is 9.59 Å². The minimum atomic E-state index is -0.453. The Balaban J connectivity index is 1.70. The van der Waals surface area contributed by atoms with Gasteiger partial charge >= 0.3 is 6.03 Å². The van der Waals surface area contributed by atoms with Crippen LogP contribution in [0.15, 0.2) is 33.7 Å². The monoisotopic (exact) mass is 371 g/mol. The number of carbonyl (C=O) groups excluding carboxylic acids is 2. The molecular weight excluding hydrogens is 350 g/mol. The molecule has 1 saturated heterocycles. The first kappa shape index (κ1) is 18.4. The molecular formula is C17H21N7O3. The Bertz CT molecular complexity index is 905. The number of amides is 3. The van der Waals surface area contributed by atoms with Gasteiger partial charge in [-0.05, 0) is 19.9 Å². The zero-order valence-electron chi connectivity index (χ0n) is 15.4. The number of aryl methyl sites for hydroxylation is 3. The van der Waals surface area contributed by atoms with Gasteiger partial charge < -0.3 is 15.2 Å². The fourth-order valence-electron chi connectivity index (χ4n) is 2.80. The molecule has 27 heavy (non-hydrogen) atoms. The number of aliphatic imine (C=N–C) groups is 1. The third kappa shape index (κ3) is 3.73. The van der Waals surface area contributed by atoms with Crippen LogP contribution in [0.4, 0.5) is 4.79 Å². The van der Waals surface area contributed by atoms with Crippen LogP contribution in [0.25, 0.3) is 0 Å². The first-order valence-corrected chi connectivity index (χ1v) is 8.34. The molecule has 142 valence electrons. The van der Waals surface area contributed by atoms with Crippen molar-refractivity contribution in [2.75, 3.05) is 6.54 Å². The van der Waals surface area contributed by atoms with Crippen LogP contribution in [-0.2, 0) is 24.9 Å². The van der Waals surface area contributed by atoms with Crippen molar-refractivity contribution in [3.05, 3.63) is 46.9 Å². The Morgan fingerprint density at radius 3 is 2.78 bits per heavy atom. The van der Waals surface area contributed by atoms with Gasteiger partial charge in [0.25, 0.3) is 5.91 Å². The second kappa shape index (κ2) is 7.44. The summed E-state index contributed by atoms with van der Waals surface area (Å²) in [5.74, 6) is 0.314. The second-order valence-electron chi connectivity index (χ2n) is 6.21. The SMILES string of the molecule is Cc1noc(C)c1CN=CC(=CN)N1C(=O)CN(Cc2ccn(C)n2)C1=O. The lowest BCUT2D eigenvalue weighted by Crippen LogP contribution is -2.33. The molecule has 0 aromatic carbocycles. The van der Waals surface area contributed by atoms with Crippen LogP contribution in [0.3, 0.4) is 0 Å². The lowest BCUT2D eigenvalue weighted by molar-refractivity contribution is -0.123. The van der Waals surface area contributed by atoms with Gasteiger partial charge in [0, 0.05) is 31.2 Å². The zero-order valence-corrected chi connectivity index (χ0v) is 15.4. The Kier molecular flexibility index (Phi) is 5.06. The number of aromatic nitrogens is 3. The highest BCUT2D eigenvalue weighted by Crippen LogP contribution is 2.18. The number of urea groups is 1.